The lowest BCUT2D eigenvalue weighted by molar-refractivity contribution is -0.119. The second-order valence-corrected chi connectivity index (χ2v) is 9.81. The van der Waals surface area contributed by atoms with E-state index in [1.165, 1.54) is 15.9 Å². The maximum absolute atomic E-state index is 13.5. The second-order valence-electron chi connectivity index (χ2n) is 7.88. The van der Waals surface area contributed by atoms with Gasteiger partial charge in [0.2, 0.25) is 5.91 Å². The number of thiazole rings is 1. The molecule has 4 aromatic rings. The quantitative estimate of drug-likeness (QED) is 0.334. The summed E-state index contributed by atoms with van der Waals surface area (Å²) >= 11 is 4.97. The number of oxazole rings is 1. The van der Waals surface area contributed by atoms with Gasteiger partial charge in [-0.05, 0) is 36.8 Å². The third kappa shape index (κ3) is 5.36. The number of para-hydroxylation sites is 2. The highest BCUT2D eigenvalue weighted by atomic mass is 79.9. The Kier molecular flexibility index (Phi) is 8.05. The highest BCUT2D eigenvalue weighted by Crippen LogP contribution is 2.31. The lowest BCUT2D eigenvalue weighted by Crippen LogP contribution is -2.40. The molecule has 0 aliphatic carbocycles. The number of benzene rings is 2. The van der Waals surface area contributed by atoms with Crippen molar-refractivity contribution in [2.75, 3.05) is 44.3 Å². The molecule has 2 aromatic carbocycles. The molecule has 34 heavy (non-hydrogen) atoms. The normalized spacial score (nSPS) is 14.4. The first-order valence-electron chi connectivity index (χ1n) is 10.8. The number of carbonyl (C=O) groups is 1. The molecule has 3 heterocycles. The number of aromatic nitrogens is 2. The Hall–Kier alpha value is -2.24. The summed E-state index contributed by atoms with van der Waals surface area (Å²) in [5, 5.41) is 0.635. The van der Waals surface area contributed by atoms with Crippen LogP contribution in [0.5, 0.6) is 0 Å². The minimum absolute atomic E-state index is 0. The van der Waals surface area contributed by atoms with Crippen molar-refractivity contribution in [2.45, 2.75) is 13.0 Å². The van der Waals surface area contributed by atoms with Crippen molar-refractivity contribution < 1.29 is 13.9 Å². The average Bonchev–Trinajstić information content (AvgIpc) is 3.37. The number of halogens is 2. The number of carbonyl (C=O) groups excluding carboxylic acids is 1. The first-order chi connectivity index (χ1) is 16.1. The number of anilines is 1. The van der Waals surface area contributed by atoms with Crippen LogP contribution in [0.4, 0.5) is 5.13 Å². The summed E-state index contributed by atoms with van der Waals surface area (Å²) in [6.45, 7) is 4.57. The molecule has 1 amide bonds. The summed E-state index contributed by atoms with van der Waals surface area (Å²) in [5.41, 5.74) is 1.92. The zero-order valence-corrected chi connectivity index (χ0v) is 21.5. The Morgan fingerprint density at radius 1 is 1.18 bits per heavy atom. The van der Waals surface area contributed by atoms with Crippen LogP contribution in [-0.4, -0.2) is 59.8 Å². The first-order valence-corrected chi connectivity index (χ1v) is 12.4. The van der Waals surface area contributed by atoms with Crippen molar-refractivity contribution in [3.8, 4) is 0 Å². The molecule has 0 N–H and O–H groups in total. The Bertz CT molecular complexity index is 1350. The third-order valence-corrected chi connectivity index (χ3v) is 7.23. The standard InChI is InChI=1S/C23H23BrN4O4S.ClH/c24-16-6-7-17-20(14-16)33-22(25-17)27(9-3-8-26-10-12-31-13-11-26)21(29)15-28-18-4-1-2-5-19(18)32-23(28)30;/h1-2,4-7,14H,3,8-13,15H2;1H. The smallest absolute Gasteiger partial charge is 0.408 e. The predicted molar refractivity (Wildman–Crippen MR) is 139 cm³/mol. The van der Waals surface area contributed by atoms with E-state index in [-0.39, 0.29) is 24.9 Å². The van der Waals surface area contributed by atoms with Gasteiger partial charge in [0.15, 0.2) is 10.7 Å². The fourth-order valence-electron chi connectivity index (χ4n) is 3.99. The summed E-state index contributed by atoms with van der Waals surface area (Å²) in [6.07, 6.45) is 0.798. The van der Waals surface area contributed by atoms with Crippen LogP contribution in [-0.2, 0) is 16.1 Å². The highest BCUT2D eigenvalue weighted by Gasteiger charge is 2.23. The minimum Gasteiger partial charge on any atom is -0.408 e. The third-order valence-electron chi connectivity index (χ3n) is 5.70. The van der Waals surface area contributed by atoms with Gasteiger partial charge in [0, 0.05) is 30.7 Å². The molecule has 1 saturated heterocycles. The minimum atomic E-state index is -0.536. The van der Waals surface area contributed by atoms with Gasteiger partial charge in [-0.2, -0.15) is 0 Å². The molecule has 180 valence electrons. The van der Waals surface area contributed by atoms with Crippen LogP contribution in [0.1, 0.15) is 6.42 Å². The Morgan fingerprint density at radius 2 is 1.97 bits per heavy atom. The summed E-state index contributed by atoms with van der Waals surface area (Å²) in [5.74, 6) is -0.727. The van der Waals surface area contributed by atoms with E-state index in [9.17, 15) is 9.59 Å². The van der Waals surface area contributed by atoms with Gasteiger partial charge < -0.3 is 9.15 Å². The van der Waals surface area contributed by atoms with Crippen LogP contribution >= 0.6 is 39.7 Å². The molecule has 0 radical (unpaired) electrons. The van der Waals surface area contributed by atoms with E-state index in [0.717, 1.165) is 54.0 Å². The second kappa shape index (κ2) is 11.0. The zero-order chi connectivity index (χ0) is 22.8. The van der Waals surface area contributed by atoms with E-state index in [1.54, 1.807) is 23.1 Å². The molecular formula is C23H24BrClN4O4S. The van der Waals surface area contributed by atoms with Gasteiger partial charge >= 0.3 is 5.76 Å². The number of amides is 1. The number of fused-ring (bicyclic) bond motifs is 2. The molecule has 0 unspecified atom stereocenters. The van der Waals surface area contributed by atoms with Crippen LogP contribution in [0.3, 0.4) is 0 Å². The molecule has 11 heteroatoms. The highest BCUT2D eigenvalue weighted by molar-refractivity contribution is 9.10. The molecule has 5 rings (SSSR count). The van der Waals surface area contributed by atoms with Gasteiger partial charge in [-0.25, -0.2) is 9.78 Å². The maximum Gasteiger partial charge on any atom is 0.420 e. The Balaban J connectivity index is 0.00000274. The first kappa shape index (κ1) is 24.9. The summed E-state index contributed by atoms with van der Waals surface area (Å²) in [4.78, 5) is 34.7. The Morgan fingerprint density at radius 3 is 2.79 bits per heavy atom. The van der Waals surface area contributed by atoms with E-state index < -0.39 is 5.76 Å². The molecule has 0 bridgehead atoms. The molecule has 1 fully saturated rings. The van der Waals surface area contributed by atoms with E-state index in [1.807, 2.05) is 24.3 Å². The predicted octanol–water partition coefficient (Wildman–Crippen LogP) is 4.14. The molecule has 0 atom stereocenters. The number of hydrogen-bond acceptors (Lipinski definition) is 7. The van der Waals surface area contributed by atoms with Crippen molar-refractivity contribution in [2.24, 2.45) is 0 Å². The lowest BCUT2D eigenvalue weighted by Gasteiger charge is -2.27. The van der Waals surface area contributed by atoms with Crippen LogP contribution in [0.25, 0.3) is 21.3 Å². The molecular weight excluding hydrogens is 544 g/mol. The van der Waals surface area contributed by atoms with Crippen molar-refractivity contribution in [3.63, 3.8) is 0 Å². The average molecular weight is 568 g/mol. The van der Waals surface area contributed by atoms with E-state index in [0.29, 0.717) is 22.8 Å². The monoisotopic (exact) mass is 566 g/mol. The van der Waals surface area contributed by atoms with Crippen LogP contribution < -0.4 is 10.7 Å². The number of ether oxygens (including phenoxy) is 1. The zero-order valence-electron chi connectivity index (χ0n) is 18.3. The van der Waals surface area contributed by atoms with Crippen LogP contribution in [0.2, 0.25) is 0 Å². The van der Waals surface area contributed by atoms with Gasteiger partial charge in [-0.1, -0.05) is 39.4 Å². The van der Waals surface area contributed by atoms with E-state index in [4.69, 9.17) is 14.1 Å². The molecule has 2 aromatic heterocycles. The molecule has 8 nitrogen and oxygen atoms in total. The Labute approximate surface area is 214 Å². The molecule has 0 saturated carbocycles. The van der Waals surface area contributed by atoms with Gasteiger partial charge in [0.1, 0.15) is 6.54 Å². The van der Waals surface area contributed by atoms with Gasteiger partial charge in [-0.15, -0.1) is 12.4 Å². The summed E-state index contributed by atoms with van der Waals surface area (Å²) < 4.78 is 14.1. The number of morpholine rings is 1. The summed E-state index contributed by atoms with van der Waals surface area (Å²) in [7, 11) is 0. The van der Waals surface area contributed by atoms with E-state index >= 15 is 0 Å². The molecule has 0 spiro atoms. The van der Waals surface area contributed by atoms with Gasteiger partial charge in [0.05, 0.1) is 28.9 Å². The van der Waals surface area contributed by atoms with Crippen molar-refractivity contribution >= 4 is 72.0 Å². The van der Waals surface area contributed by atoms with Crippen molar-refractivity contribution in [3.05, 3.63) is 57.5 Å². The number of rotatable bonds is 7. The fraction of sp³-hybridized carbons (Fsp3) is 0.348. The van der Waals surface area contributed by atoms with Crippen molar-refractivity contribution in [1.29, 1.82) is 0 Å². The lowest BCUT2D eigenvalue weighted by atomic mass is 10.3. The van der Waals surface area contributed by atoms with Crippen LogP contribution in [0, 0.1) is 0 Å². The maximum atomic E-state index is 13.5. The number of hydrogen-bond donors (Lipinski definition) is 0. The molecule has 1 aliphatic rings. The largest absolute Gasteiger partial charge is 0.420 e. The van der Waals surface area contributed by atoms with Crippen molar-refractivity contribution in [1.82, 2.24) is 14.5 Å². The number of nitrogens with zero attached hydrogens (tertiary/aromatic N) is 4. The fourth-order valence-corrected chi connectivity index (χ4v) is 5.55. The van der Waals surface area contributed by atoms with Gasteiger partial charge in [0.25, 0.3) is 0 Å². The van der Waals surface area contributed by atoms with Gasteiger partial charge in [-0.3, -0.25) is 19.2 Å². The topological polar surface area (TPSA) is 80.8 Å². The molecule has 1 aliphatic heterocycles. The van der Waals surface area contributed by atoms with Crippen LogP contribution in [0.15, 0.2) is 56.1 Å². The summed E-state index contributed by atoms with van der Waals surface area (Å²) in [6, 6.07) is 13.0. The van der Waals surface area contributed by atoms with E-state index in [2.05, 4.69) is 20.8 Å². The SMILES string of the molecule is Cl.O=C(Cn1c(=O)oc2ccccc21)N(CCCN1CCOCC1)c1nc2ccc(Br)cc2s1.